The number of rotatable bonds is 2. The van der Waals surface area contributed by atoms with Crippen LogP contribution in [0.25, 0.3) is 10.4 Å². The Balaban J connectivity index is 2.74. The zero-order valence-electron chi connectivity index (χ0n) is 5.57. The van der Waals surface area contributed by atoms with Crippen LogP contribution in [0, 0.1) is 6.92 Å². The molecule has 0 aliphatic rings. The van der Waals surface area contributed by atoms with Crippen LogP contribution in [0.15, 0.2) is 11.3 Å². The Kier molecular flexibility index (Phi) is 1.92. The molecule has 0 bridgehead atoms. The molecule has 5 nitrogen and oxygen atoms in total. The van der Waals surface area contributed by atoms with Crippen LogP contribution in [0.1, 0.15) is 11.3 Å². The summed E-state index contributed by atoms with van der Waals surface area (Å²) in [6, 6.07) is 0. The molecule has 0 aliphatic carbocycles. The zero-order valence-corrected chi connectivity index (χ0v) is 5.57. The van der Waals surface area contributed by atoms with Crippen molar-refractivity contribution < 1.29 is 0 Å². The highest BCUT2D eigenvalue weighted by Gasteiger charge is 1.95. The number of nitrogens with one attached hydrogen (secondary N) is 1. The largest absolute Gasteiger partial charge is 0.282 e. The summed E-state index contributed by atoms with van der Waals surface area (Å²) in [5, 5.41) is 9.88. The number of aryl methyl sites for hydroxylation is 1. The SMILES string of the molecule is Cc1cn[nH]c1CN=[N+]=[N-]. The Hall–Kier alpha value is -1.48. The minimum atomic E-state index is 0.350. The Morgan fingerprint density at radius 1 is 1.90 bits per heavy atom. The van der Waals surface area contributed by atoms with E-state index in [4.69, 9.17) is 5.53 Å². The maximum absolute atomic E-state index is 7.98. The van der Waals surface area contributed by atoms with Crippen LogP contribution in [0.5, 0.6) is 0 Å². The van der Waals surface area contributed by atoms with Gasteiger partial charge in [-0.3, -0.25) is 5.10 Å². The lowest BCUT2D eigenvalue weighted by atomic mass is 10.3. The Morgan fingerprint density at radius 2 is 2.70 bits per heavy atom. The summed E-state index contributed by atoms with van der Waals surface area (Å²) in [5.74, 6) is 0. The molecule has 0 saturated carbocycles. The smallest absolute Gasteiger partial charge is 0.0681 e. The van der Waals surface area contributed by atoms with Gasteiger partial charge in [0.1, 0.15) is 0 Å². The van der Waals surface area contributed by atoms with Crippen molar-refractivity contribution in [3.63, 3.8) is 0 Å². The van der Waals surface area contributed by atoms with Gasteiger partial charge in [0.2, 0.25) is 0 Å². The third kappa shape index (κ3) is 1.27. The minimum absolute atomic E-state index is 0.350. The molecule has 0 radical (unpaired) electrons. The lowest BCUT2D eigenvalue weighted by molar-refractivity contribution is 0.931. The molecule has 1 N–H and O–H groups in total. The average molecular weight is 137 g/mol. The molecule has 0 atom stereocenters. The van der Waals surface area contributed by atoms with Crippen molar-refractivity contribution >= 4 is 0 Å². The Morgan fingerprint density at radius 3 is 3.20 bits per heavy atom. The number of aromatic nitrogens is 2. The molecule has 1 aromatic heterocycles. The number of aromatic amines is 1. The van der Waals surface area contributed by atoms with Gasteiger partial charge in [0.05, 0.1) is 12.7 Å². The lowest BCUT2D eigenvalue weighted by Gasteiger charge is -1.87. The van der Waals surface area contributed by atoms with Crippen molar-refractivity contribution in [2.24, 2.45) is 5.11 Å². The molecule has 0 aliphatic heterocycles. The standard InChI is InChI=1S/C5H7N5/c1-4-2-7-9-5(4)3-8-10-6/h2H,3H2,1H3,(H,7,9). The van der Waals surface area contributed by atoms with Gasteiger partial charge in [-0.25, -0.2) is 0 Å². The molecular formula is C5H7N5. The van der Waals surface area contributed by atoms with Gasteiger partial charge < -0.3 is 0 Å². The predicted molar refractivity (Wildman–Crippen MR) is 36.2 cm³/mol. The molecule has 1 rings (SSSR count). The van der Waals surface area contributed by atoms with E-state index in [0.29, 0.717) is 6.54 Å². The van der Waals surface area contributed by atoms with Crippen LogP contribution in [0.4, 0.5) is 0 Å². The summed E-state index contributed by atoms with van der Waals surface area (Å²) < 4.78 is 0. The van der Waals surface area contributed by atoms with Crippen LogP contribution in [-0.4, -0.2) is 10.2 Å². The first-order valence-electron chi connectivity index (χ1n) is 2.84. The van der Waals surface area contributed by atoms with Gasteiger partial charge >= 0.3 is 0 Å². The van der Waals surface area contributed by atoms with Crippen LogP contribution in [0.2, 0.25) is 0 Å². The van der Waals surface area contributed by atoms with Gasteiger partial charge in [0, 0.05) is 10.6 Å². The highest BCUT2D eigenvalue weighted by atomic mass is 15.2. The van der Waals surface area contributed by atoms with Crippen molar-refractivity contribution in [2.75, 3.05) is 0 Å². The third-order valence-electron chi connectivity index (χ3n) is 1.23. The third-order valence-corrected chi connectivity index (χ3v) is 1.23. The monoisotopic (exact) mass is 137 g/mol. The van der Waals surface area contributed by atoms with Gasteiger partial charge in [-0.15, -0.1) is 0 Å². The fraction of sp³-hybridized carbons (Fsp3) is 0.400. The van der Waals surface area contributed by atoms with E-state index < -0.39 is 0 Å². The Bertz CT molecular complexity index is 257. The molecule has 10 heavy (non-hydrogen) atoms. The molecule has 0 spiro atoms. The summed E-state index contributed by atoms with van der Waals surface area (Å²) in [5.41, 5.74) is 9.87. The molecule has 1 aromatic rings. The van der Waals surface area contributed by atoms with Gasteiger partial charge in [0.25, 0.3) is 0 Å². The molecule has 0 fully saturated rings. The van der Waals surface area contributed by atoms with E-state index in [0.717, 1.165) is 11.3 Å². The van der Waals surface area contributed by atoms with Crippen molar-refractivity contribution in [3.8, 4) is 0 Å². The number of azide groups is 1. The van der Waals surface area contributed by atoms with Crippen molar-refractivity contribution in [1.82, 2.24) is 10.2 Å². The molecular weight excluding hydrogens is 130 g/mol. The second kappa shape index (κ2) is 2.89. The lowest BCUT2D eigenvalue weighted by Crippen LogP contribution is -1.82. The first-order chi connectivity index (χ1) is 4.84. The summed E-state index contributed by atoms with van der Waals surface area (Å²) >= 11 is 0. The minimum Gasteiger partial charge on any atom is -0.282 e. The highest BCUT2D eigenvalue weighted by molar-refractivity contribution is 5.13. The molecule has 0 saturated heterocycles. The van der Waals surface area contributed by atoms with Gasteiger partial charge in [-0.2, -0.15) is 5.10 Å². The summed E-state index contributed by atoms with van der Waals surface area (Å²) in [6.07, 6.45) is 1.70. The second-order valence-electron chi connectivity index (χ2n) is 1.92. The van der Waals surface area contributed by atoms with E-state index in [1.807, 2.05) is 6.92 Å². The quantitative estimate of drug-likeness (QED) is 0.374. The van der Waals surface area contributed by atoms with E-state index in [9.17, 15) is 0 Å². The normalized spacial score (nSPS) is 8.90. The average Bonchev–Trinajstić information content (AvgIpc) is 2.31. The van der Waals surface area contributed by atoms with E-state index in [2.05, 4.69) is 20.2 Å². The summed E-state index contributed by atoms with van der Waals surface area (Å²) in [7, 11) is 0. The van der Waals surface area contributed by atoms with Crippen molar-refractivity contribution in [3.05, 3.63) is 27.9 Å². The molecule has 1 heterocycles. The molecule has 0 unspecified atom stereocenters. The first-order valence-corrected chi connectivity index (χ1v) is 2.84. The Labute approximate surface area is 57.7 Å². The van der Waals surface area contributed by atoms with E-state index in [-0.39, 0.29) is 0 Å². The maximum atomic E-state index is 7.98. The molecule has 5 heteroatoms. The van der Waals surface area contributed by atoms with Crippen LogP contribution >= 0.6 is 0 Å². The van der Waals surface area contributed by atoms with Crippen molar-refractivity contribution in [1.29, 1.82) is 0 Å². The highest BCUT2D eigenvalue weighted by Crippen LogP contribution is 2.02. The van der Waals surface area contributed by atoms with Gasteiger partial charge in [0.15, 0.2) is 0 Å². The molecule has 0 amide bonds. The number of hydrogen-bond donors (Lipinski definition) is 1. The number of nitrogens with zero attached hydrogens (tertiary/aromatic N) is 4. The number of H-pyrrole nitrogens is 1. The van der Waals surface area contributed by atoms with E-state index in [1.54, 1.807) is 6.20 Å². The number of hydrogen-bond acceptors (Lipinski definition) is 2. The van der Waals surface area contributed by atoms with Gasteiger partial charge in [-0.1, -0.05) is 5.11 Å². The van der Waals surface area contributed by atoms with E-state index >= 15 is 0 Å². The maximum Gasteiger partial charge on any atom is 0.0681 e. The molecule has 0 aromatic carbocycles. The fourth-order valence-electron chi connectivity index (χ4n) is 0.636. The fourth-order valence-corrected chi connectivity index (χ4v) is 0.636. The van der Waals surface area contributed by atoms with Crippen LogP contribution in [-0.2, 0) is 6.54 Å². The second-order valence-corrected chi connectivity index (χ2v) is 1.92. The predicted octanol–water partition coefficient (Wildman–Crippen LogP) is 1.53. The summed E-state index contributed by atoms with van der Waals surface area (Å²) in [4.78, 5) is 2.63. The summed E-state index contributed by atoms with van der Waals surface area (Å²) in [6.45, 7) is 2.26. The van der Waals surface area contributed by atoms with Crippen molar-refractivity contribution in [2.45, 2.75) is 13.5 Å². The van der Waals surface area contributed by atoms with Gasteiger partial charge in [-0.05, 0) is 18.0 Å². The first kappa shape index (κ1) is 6.64. The molecule has 52 valence electrons. The van der Waals surface area contributed by atoms with E-state index in [1.165, 1.54) is 0 Å². The zero-order chi connectivity index (χ0) is 7.40. The van der Waals surface area contributed by atoms with Crippen LogP contribution in [0.3, 0.4) is 0 Å². The van der Waals surface area contributed by atoms with Crippen LogP contribution < -0.4 is 0 Å². The topological polar surface area (TPSA) is 77.4 Å².